The van der Waals surface area contributed by atoms with E-state index in [1.165, 1.54) is 6.42 Å². The Morgan fingerprint density at radius 2 is 2.20 bits per heavy atom. The first-order valence-electron chi connectivity index (χ1n) is 7.26. The number of benzene rings is 1. The van der Waals surface area contributed by atoms with Gasteiger partial charge in [0.15, 0.2) is 0 Å². The summed E-state index contributed by atoms with van der Waals surface area (Å²) >= 11 is 0. The number of hydrogen-bond acceptors (Lipinski definition) is 2. The van der Waals surface area contributed by atoms with Crippen molar-refractivity contribution >= 4 is 22.5 Å². The molecule has 1 aliphatic rings. The molecule has 1 aromatic heterocycles. The van der Waals surface area contributed by atoms with Crippen LogP contribution in [0.4, 0.5) is 5.69 Å². The molecule has 1 aromatic carbocycles. The first-order valence-corrected chi connectivity index (χ1v) is 7.26. The van der Waals surface area contributed by atoms with Crippen molar-refractivity contribution in [2.24, 2.45) is 5.92 Å². The van der Waals surface area contributed by atoms with Crippen LogP contribution in [0.1, 0.15) is 37.2 Å². The van der Waals surface area contributed by atoms with Gasteiger partial charge in [-0.05, 0) is 37.8 Å². The summed E-state index contributed by atoms with van der Waals surface area (Å²) in [5.41, 5.74) is 8.12. The smallest absolute Gasteiger partial charge is 0.270 e. The van der Waals surface area contributed by atoms with Crippen LogP contribution in [0.15, 0.2) is 24.3 Å². The van der Waals surface area contributed by atoms with Crippen LogP contribution < -0.4 is 5.73 Å². The Morgan fingerprint density at radius 1 is 1.40 bits per heavy atom. The predicted molar refractivity (Wildman–Crippen MR) is 81.6 cm³/mol. The van der Waals surface area contributed by atoms with Crippen molar-refractivity contribution in [2.45, 2.75) is 32.7 Å². The van der Waals surface area contributed by atoms with Crippen LogP contribution in [-0.4, -0.2) is 28.4 Å². The number of nitrogens with zero attached hydrogens (tertiary/aromatic N) is 1. The molecule has 3 rings (SSSR count). The van der Waals surface area contributed by atoms with E-state index in [0.717, 1.165) is 23.9 Å². The fourth-order valence-corrected chi connectivity index (χ4v) is 3.07. The number of para-hydroxylation sites is 1. The second kappa shape index (κ2) is 4.85. The average Bonchev–Trinajstić information content (AvgIpc) is 2.87. The Kier molecular flexibility index (Phi) is 3.16. The second-order valence-electron chi connectivity index (χ2n) is 5.85. The Balaban J connectivity index is 1.94. The number of fused-ring (bicyclic) bond motifs is 1. The lowest BCUT2D eigenvalue weighted by Crippen LogP contribution is -2.46. The molecule has 2 heterocycles. The molecule has 0 aliphatic carbocycles. The van der Waals surface area contributed by atoms with Crippen molar-refractivity contribution in [3.63, 3.8) is 0 Å². The lowest BCUT2D eigenvalue weighted by molar-refractivity contribution is 0.0546. The number of rotatable bonds is 1. The fourth-order valence-electron chi connectivity index (χ4n) is 3.07. The number of nitrogens with one attached hydrogen (secondary N) is 1. The average molecular weight is 271 g/mol. The maximum Gasteiger partial charge on any atom is 0.270 e. The van der Waals surface area contributed by atoms with Gasteiger partial charge in [0.05, 0.1) is 11.2 Å². The third-order valence-electron chi connectivity index (χ3n) is 4.55. The number of hydrogen-bond donors (Lipinski definition) is 2. The number of carbonyl (C=O) groups excluding carboxylic acids is 1. The molecule has 1 amide bonds. The largest absolute Gasteiger partial charge is 0.397 e. The molecule has 2 atom stereocenters. The number of piperidine rings is 1. The van der Waals surface area contributed by atoms with Crippen LogP contribution in [0, 0.1) is 5.92 Å². The van der Waals surface area contributed by atoms with E-state index in [1.54, 1.807) is 0 Å². The monoisotopic (exact) mass is 271 g/mol. The standard InChI is InChI=1S/C16H21N3O/c1-10-5-4-8-19(11(10)2)16(20)14-9-12-6-3-7-13(17)15(12)18-14/h3,6-7,9-11,18H,4-5,8,17H2,1-2H3. The number of carbonyl (C=O) groups is 1. The Bertz CT molecular complexity index is 646. The van der Waals surface area contributed by atoms with Gasteiger partial charge in [-0.2, -0.15) is 0 Å². The highest BCUT2D eigenvalue weighted by Gasteiger charge is 2.29. The van der Waals surface area contributed by atoms with Gasteiger partial charge in [0.2, 0.25) is 0 Å². The minimum atomic E-state index is 0.0830. The van der Waals surface area contributed by atoms with Gasteiger partial charge >= 0.3 is 0 Å². The van der Waals surface area contributed by atoms with Crippen molar-refractivity contribution in [3.05, 3.63) is 30.0 Å². The third-order valence-corrected chi connectivity index (χ3v) is 4.55. The molecule has 0 radical (unpaired) electrons. The minimum Gasteiger partial charge on any atom is -0.397 e. The number of anilines is 1. The van der Waals surface area contributed by atoms with E-state index in [2.05, 4.69) is 18.8 Å². The molecule has 106 valence electrons. The van der Waals surface area contributed by atoms with Crippen LogP contribution in [0.5, 0.6) is 0 Å². The predicted octanol–water partition coefficient (Wildman–Crippen LogP) is 3.01. The number of nitrogen functional groups attached to an aromatic ring is 1. The quantitative estimate of drug-likeness (QED) is 0.783. The summed E-state index contributed by atoms with van der Waals surface area (Å²) in [5.74, 6) is 0.641. The SMILES string of the molecule is CC1CCCN(C(=O)c2cc3cccc(N)c3[nH]2)C1C. The summed E-state index contributed by atoms with van der Waals surface area (Å²) < 4.78 is 0. The Labute approximate surface area is 118 Å². The molecule has 2 unspecified atom stereocenters. The van der Waals surface area contributed by atoms with Gasteiger partial charge in [0, 0.05) is 18.0 Å². The lowest BCUT2D eigenvalue weighted by Gasteiger charge is -2.37. The molecule has 20 heavy (non-hydrogen) atoms. The van der Waals surface area contributed by atoms with Gasteiger partial charge in [-0.3, -0.25) is 4.79 Å². The summed E-state index contributed by atoms with van der Waals surface area (Å²) in [5, 5.41) is 0.992. The first-order chi connectivity index (χ1) is 9.58. The maximum atomic E-state index is 12.7. The molecular weight excluding hydrogens is 250 g/mol. The second-order valence-corrected chi connectivity index (χ2v) is 5.85. The van der Waals surface area contributed by atoms with Crippen molar-refractivity contribution in [2.75, 3.05) is 12.3 Å². The topological polar surface area (TPSA) is 62.1 Å². The van der Waals surface area contributed by atoms with Crippen LogP contribution in [0.2, 0.25) is 0 Å². The summed E-state index contributed by atoms with van der Waals surface area (Å²) in [6.07, 6.45) is 2.28. The van der Waals surface area contributed by atoms with Crippen molar-refractivity contribution in [1.82, 2.24) is 9.88 Å². The number of amides is 1. The molecule has 1 fully saturated rings. The van der Waals surface area contributed by atoms with Crippen molar-refractivity contribution in [3.8, 4) is 0 Å². The van der Waals surface area contributed by atoms with Gasteiger partial charge in [0.1, 0.15) is 5.69 Å². The first kappa shape index (κ1) is 13.0. The molecule has 2 aromatic rings. The molecule has 4 nitrogen and oxygen atoms in total. The highest BCUT2D eigenvalue weighted by atomic mass is 16.2. The molecule has 4 heteroatoms. The molecule has 0 bridgehead atoms. The molecule has 3 N–H and O–H groups in total. The van der Waals surface area contributed by atoms with Gasteiger partial charge in [0.25, 0.3) is 5.91 Å². The summed E-state index contributed by atoms with van der Waals surface area (Å²) in [6, 6.07) is 7.92. The van der Waals surface area contributed by atoms with Crippen molar-refractivity contribution in [1.29, 1.82) is 0 Å². The highest BCUT2D eigenvalue weighted by molar-refractivity contribution is 6.01. The van der Waals surface area contributed by atoms with E-state index >= 15 is 0 Å². The van der Waals surface area contributed by atoms with Gasteiger partial charge in [-0.15, -0.1) is 0 Å². The van der Waals surface area contributed by atoms with E-state index in [-0.39, 0.29) is 5.91 Å². The van der Waals surface area contributed by atoms with E-state index in [9.17, 15) is 4.79 Å². The Morgan fingerprint density at radius 3 is 2.95 bits per heavy atom. The van der Waals surface area contributed by atoms with E-state index < -0.39 is 0 Å². The third kappa shape index (κ3) is 2.05. The zero-order chi connectivity index (χ0) is 14.3. The summed E-state index contributed by atoms with van der Waals surface area (Å²) in [6.45, 7) is 5.20. The number of aromatic nitrogens is 1. The van der Waals surface area contributed by atoms with Gasteiger partial charge in [-0.1, -0.05) is 19.1 Å². The lowest BCUT2D eigenvalue weighted by atomic mass is 9.92. The number of likely N-dealkylation sites (tertiary alicyclic amines) is 1. The minimum absolute atomic E-state index is 0.0830. The Hall–Kier alpha value is -1.97. The van der Waals surface area contributed by atoms with E-state index in [0.29, 0.717) is 23.3 Å². The zero-order valence-corrected chi connectivity index (χ0v) is 12.0. The van der Waals surface area contributed by atoms with Crippen LogP contribution in [0.25, 0.3) is 10.9 Å². The number of aromatic amines is 1. The van der Waals surface area contributed by atoms with Crippen LogP contribution in [-0.2, 0) is 0 Å². The number of nitrogens with two attached hydrogens (primary N) is 1. The molecular formula is C16H21N3O. The van der Waals surface area contributed by atoms with Crippen molar-refractivity contribution < 1.29 is 4.79 Å². The number of H-pyrrole nitrogens is 1. The maximum absolute atomic E-state index is 12.7. The highest BCUT2D eigenvalue weighted by Crippen LogP contribution is 2.26. The van der Waals surface area contributed by atoms with Gasteiger partial charge < -0.3 is 15.6 Å². The van der Waals surface area contributed by atoms with Crippen LogP contribution >= 0.6 is 0 Å². The van der Waals surface area contributed by atoms with Crippen LogP contribution in [0.3, 0.4) is 0 Å². The van der Waals surface area contributed by atoms with E-state index in [1.807, 2.05) is 29.2 Å². The fraction of sp³-hybridized carbons (Fsp3) is 0.438. The normalized spacial score (nSPS) is 23.2. The summed E-state index contributed by atoms with van der Waals surface area (Å²) in [4.78, 5) is 17.9. The van der Waals surface area contributed by atoms with E-state index in [4.69, 9.17) is 5.73 Å². The zero-order valence-electron chi connectivity index (χ0n) is 12.0. The molecule has 1 aliphatic heterocycles. The molecule has 0 saturated carbocycles. The molecule has 1 saturated heterocycles. The summed E-state index contributed by atoms with van der Waals surface area (Å²) in [7, 11) is 0. The van der Waals surface area contributed by atoms with Gasteiger partial charge in [-0.25, -0.2) is 0 Å². The molecule has 0 spiro atoms.